The van der Waals surface area contributed by atoms with E-state index < -0.39 is 0 Å². The Balaban J connectivity index is 1.44. The van der Waals surface area contributed by atoms with Crippen LogP contribution in [0.5, 0.6) is 0 Å². The molecule has 1 aromatic carbocycles. The maximum atomic E-state index is 12.5. The van der Waals surface area contributed by atoms with Gasteiger partial charge in [0.25, 0.3) is 0 Å². The van der Waals surface area contributed by atoms with Crippen LogP contribution in [0.3, 0.4) is 0 Å². The number of piperidine rings is 1. The summed E-state index contributed by atoms with van der Waals surface area (Å²) in [6.45, 7) is 5.82. The van der Waals surface area contributed by atoms with Gasteiger partial charge >= 0.3 is 0 Å². The number of aromatic nitrogens is 2. The molecule has 0 bridgehead atoms. The van der Waals surface area contributed by atoms with E-state index in [0.717, 1.165) is 43.0 Å². The van der Waals surface area contributed by atoms with Gasteiger partial charge in [-0.1, -0.05) is 26.0 Å². The van der Waals surface area contributed by atoms with Crippen molar-refractivity contribution in [3.8, 4) is 0 Å². The van der Waals surface area contributed by atoms with Gasteiger partial charge in [0.1, 0.15) is 5.82 Å². The minimum atomic E-state index is -0.0562. The Labute approximate surface area is 165 Å². The van der Waals surface area contributed by atoms with E-state index in [2.05, 4.69) is 25.5 Å². The molecule has 7 nitrogen and oxygen atoms in total. The maximum Gasteiger partial charge on any atom is 0.226 e. The number of carbonyl (C=O) groups is 2. The third-order valence-electron chi connectivity index (χ3n) is 4.95. The molecule has 0 aliphatic carbocycles. The van der Waals surface area contributed by atoms with Gasteiger partial charge in [-0.05, 0) is 30.5 Å². The van der Waals surface area contributed by atoms with Gasteiger partial charge < -0.3 is 15.5 Å². The molecule has 1 fully saturated rings. The van der Waals surface area contributed by atoms with Crippen LogP contribution in [0.2, 0.25) is 0 Å². The van der Waals surface area contributed by atoms with Gasteiger partial charge in [-0.3, -0.25) is 14.6 Å². The Bertz CT molecular complexity index is 784. The highest BCUT2D eigenvalue weighted by atomic mass is 16.2. The van der Waals surface area contributed by atoms with Crippen molar-refractivity contribution in [2.75, 3.05) is 23.3 Å². The molecule has 0 unspecified atom stereocenters. The van der Waals surface area contributed by atoms with Crippen molar-refractivity contribution < 1.29 is 9.59 Å². The van der Waals surface area contributed by atoms with E-state index in [1.54, 1.807) is 18.6 Å². The molecule has 28 heavy (non-hydrogen) atoms. The van der Waals surface area contributed by atoms with Gasteiger partial charge in [-0.15, -0.1) is 0 Å². The van der Waals surface area contributed by atoms with Crippen LogP contribution in [0.4, 0.5) is 11.5 Å². The summed E-state index contributed by atoms with van der Waals surface area (Å²) in [6, 6.07) is 7.57. The highest BCUT2D eigenvalue weighted by molar-refractivity contribution is 5.92. The Morgan fingerprint density at radius 2 is 1.86 bits per heavy atom. The van der Waals surface area contributed by atoms with Crippen LogP contribution in [0.1, 0.15) is 32.3 Å². The highest BCUT2D eigenvalue weighted by Gasteiger charge is 2.25. The second-order valence-corrected chi connectivity index (χ2v) is 7.38. The Kier molecular flexibility index (Phi) is 6.57. The average Bonchev–Trinajstić information content (AvgIpc) is 2.73. The van der Waals surface area contributed by atoms with Gasteiger partial charge in [0, 0.05) is 49.6 Å². The lowest BCUT2D eigenvalue weighted by Gasteiger charge is -2.31. The first-order valence-corrected chi connectivity index (χ1v) is 9.71. The number of rotatable bonds is 6. The quantitative estimate of drug-likeness (QED) is 0.803. The van der Waals surface area contributed by atoms with Crippen molar-refractivity contribution in [3.63, 3.8) is 0 Å². The normalized spacial score (nSPS) is 14.8. The molecule has 7 heteroatoms. The summed E-state index contributed by atoms with van der Waals surface area (Å²) in [5, 5.41) is 5.89. The molecule has 148 valence electrons. The summed E-state index contributed by atoms with van der Waals surface area (Å²) in [6.07, 6.45) is 6.72. The first-order chi connectivity index (χ1) is 13.5. The molecule has 2 heterocycles. The van der Waals surface area contributed by atoms with Crippen molar-refractivity contribution in [3.05, 3.63) is 48.4 Å². The van der Waals surface area contributed by atoms with Gasteiger partial charge in [-0.25, -0.2) is 4.98 Å². The molecule has 0 radical (unpaired) electrons. The average molecular weight is 381 g/mol. The first kappa shape index (κ1) is 19.8. The van der Waals surface area contributed by atoms with Crippen LogP contribution in [-0.4, -0.2) is 34.9 Å². The van der Waals surface area contributed by atoms with Crippen LogP contribution < -0.4 is 15.5 Å². The Morgan fingerprint density at radius 1 is 1.14 bits per heavy atom. The predicted octanol–water partition coefficient (Wildman–Crippen LogP) is 2.60. The lowest BCUT2D eigenvalue weighted by atomic mass is 9.96. The molecule has 3 rings (SSSR count). The predicted molar refractivity (Wildman–Crippen MR) is 109 cm³/mol. The number of nitrogens with one attached hydrogen (secondary N) is 2. The summed E-state index contributed by atoms with van der Waals surface area (Å²) < 4.78 is 0. The van der Waals surface area contributed by atoms with E-state index in [1.807, 2.05) is 38.1 Å². The van der Waals surface area contributed by atoms with E-state index in [9.17, 15) is 9.59 Å². The van der Waals surface area contributed by atoms with Crippen molar-refractivity contribution in [1.82, 2.24) is 15.3 Å². The molecule has 1 saturated heterocycles. The molecule has 2 N–H and O–H groups in total. The molecule has 1 aromatic heterocycles. The Morgan fingerprint density at radius 3 is 2.46 bits per heavy atom. The van der Waals surface area contributed by atoms with Gasteiger partial charge in [0.15, 0.2) is 0 Å². The zero-order chi connectivity index (χ0) is 19.9. The third-order valence-corrected chi connectivity index (χ3v) is 4.95. The van der Waals surface area contributed by atoms with Crippen LogP contribution in [0.25, 0.3) is 0 Å². The van der Waals surface area contributed by atoms with Crippen LogP contribution in [-0.2, 0) is 16.1 Å². The smallest absolute Gasteiger partial charge is 0.226 e. The summed E-state index contributed by atoms with van der Waals surface area (Å²) in [5.74, 6) is 0.924. The van der Waals surface area contributed by atoms with Crippen molar-refractivity contribution >= 4 is 23.3 Å². The lowest BCUT2D eigenvalue weighted by Crippen LogP contribution is -2.40. The molecular formula is C21H27N5O2. The molecule has 2 aromatic rings. The van der Waals surface area contributed by atoms with Crippen LogP contribution in [0.15, 0.2) is 42.9 Å². The van der Waals surface area contributed by atoms with E-state index >= 15 is 0 Å². The molecule has 0 atom stereocenters. The lowest BCUT2D eigenvalue weighted by molar-refractivity contribution is -0.125. The fourth-order valence-electron chi connectivity index (χ4n) is 3.15. The van der Waals surface area contributed by atoms with Crippen LogP contribution >= 0.6 is 0 Å². The summed E-state index contributed by atoms with van der Waals surface area (Å²) in [4.78, 5) is 34.8. The third kappa shape index (κ3) is 5.28. The summed E-state index contributed by atoms with van der Waals surface area (Å²) >= 11 is 0. The second-order valence-electron chi connectivity index (χ2n) is 7.38. The first-order valence-electron chi connectivity index (χ1n) is 9.71. The van der Waals surface area contributed by atoms with E-state index in [1.165, 1.54) is 0 Å². The zero-order valence-electron chi connectivity index (χ0n) is 16.4. The molecule has 2 amide bonds. The molecular weight excluding hydrogens is 354 g/mol. The fraction of sp³-hybridized carbons (Fsp3) is 0.429. The minimum absolute atomic E-state index is 0.00567. The van der Waals surface area contributed by atoms with Gasteiger partial charge in [0.2, 0.25) is 11.8 Å². The summed E-state index contributed by atoms with van der Waals surface area (Å²) in [5.41, 5.74) is 1.78. The standard InChI is InChI=1S/C21H27N5O2/c1-15(2)20(27)25-18-5-3-16(4-6-18)13-24-21(28)17-7-11-26(12-8-17)19-14-22-9-10-23-19/h3-6,9-10,14-15,17H,7-8,11-13H2,1-2H3,(H,24,28)(H,25,27). The number of amides is 2. The van der Waals surface area contributed by atoms with Crippen molar-refractivity contribution in [1.29, 1.82) is 0 Å². The number of hydrogen-bond acceptors (Lipinski definition) is 5. The minimum Gasteiger partial charge on any atom is -0.355 e. The van der Waals surface area contributed by atoms with Crippen LogP contribution in [0, 0.1) is 11.8 Å². The van der Waals surface area contributed by atoms with E-state index in [-0.39, 0.29) is 23.7 Å². The fourth-order valence-corrected chi connectivity index (χ4v) is 3.15. The van der Waals surface area contributed by atoms with E-state index in [0.29, 0.717) is 6.54 Å². The maximum absolute atomic E-state index is 12.5. The van der Waals surface area contributed by atoms with Gasteiger partial charge in [0.05, 0.1) is 6.20 Å². The molecule has 1 aliphatic heterocycles. The van der Waals surface area contributed by atoms with E-state index in [4.69, 9.17) is 0 Å². The monoisotopic (exact) mass is 381 g/mol. The Hall–Kier alpha value is -2.96. The van der Waals surface area contributed by atoms with Crippen molar-refractivity contribution in [2.45, 2.75) is 33.2 Å². The van der Waals surface area contributed by atoms with Crippen molar-refractivity contribution in [2.24, 2.45) is 11.8 Å². The number of benzene rings is 1. The SMILES string of the molecule is CC(C)C(=O)Nc1ccc(CNC(=O)C2CCN(c3cnccn3)CC2)cc1. The largest absolute Gasteiger partial charge is 0.355 e. The number of nitrogens with zero attached hydrogens (tertiary/aromatic N) is 3. The number of anilines is 2. The number of carbonyl (C=O) groups excluding carboxylic acids is 2. The highest BCUT2D eigenvalue weighted by Crippen LogP contribution is 2.21. The topological polar surface area (TPSA) is 87.2 Å². The molecule has 0 spiro atoms. The molecule has 0 saturated carbocycles. The second kappa shape index (κ2) is 9.30. The number of hydrogen-bond donors (Lipinski definition) is 2. The summed E-state index contributed by atoms with van der Waals surface area (Å²) in [7, 11) is 0. The van der Waals surface area contributed by atoms with Gasteiger partial charge in [-0.2, -0.15) is 0 Å². The zero-order valence-corrected chi connectivity index (χ0v) is 16.4. The molecule has 1 aliphatic rings.